The van der Waals surface area contributed by atoms with Gasteiger partial charge in [0.15, 0.2) is 0 Å². The molecule has 0 bridgehead atoms. The third-order valence-electron chi connectivity index (χ3n) is 4.77. The fraction of sp³-hybridized carbons (Fsp3) is 0.333. The van der Waals surface area contributed by atoms with Gasteiger partial charge in [0.1, 0.15) is 0 Å². The zero-order valence-electron chi connectivity index (χ0n) is 15.6. The Morgan fingerprint density at radius 3 is 2.70 bits per heavy atom. The third-order valence-corrected chi connectivity index (χ3v) is 4.77. The van der Waals surface area contributed by atoms with Crippen LogP contribution < -0.4 is 10.6 Å². The molecule has 0 aromatic heterocycles. The first-order chi connectivity index (χ1) is 13.0. The first-order valence-corrected chi connectivity index (χ1v) is 9.06. The van der Waals surface area contributed by atoms with E-state index in [1.165, 1.54) is 4.90 Å². The third kappa shape index (κ3) is 4.46. The minimum atomic E-state index is -0.609. The Hall–Kier alpha value is -2.86. The lowest BCUT2D eigenvalue weighted by Crippen LogP contribution is -2.41. The van der Waals surface area contributed by atoms with Crippen molar-refractivity contribution in [2.45, 2.75) is 25.0 Å². The van der Waals surface area contributed by atoms with Crippen LogP contribution >= 0.6 is 0 Å². The number of hydrogen-bond acceptors (Lipinski definition) is 3. The molecule has 2 atom stereocenters. The molecule has 1 aliphatic rings. The molecule has 0 spiro atoms. The van der Waals surface area contributed by atoms with Gasteiger partial charge in [-0.05, 0) is 35.2 Å². The van der Waals surface area contributed by atoms with Gasteiger partial charge in [-0.2, -0.15) is 0 Å². The van der Waals surface area contributed by atoms with E-state index in [2.05, 4.69) is 10.6 Å². The topological polar surface area (TPSA) is 81.7 Å². The number of amides is 3. The SMILES string of the molecule is CN(C)C(=O)c1cccc(CCNC(=O)N[C@@H]2c3ccccc3C[C@@H]2O)c1. The predicted molar refractivity (Wildman–Crippen MR) is 104 cm³/mol. The monoisotopic (exact) mass is 367 g/mol. The van der Waals surface area contributed by atoms with Gasteiger partial charge in [0.25, 0.3) is 5.91 Å². The summed E-state index contributed by atoms with van der Waals surface area (Å²) in [5, 5.41) is 15.9. The maximum absolute atomic E-state index is 12.2. The highest BCUT2D eigenvalue weighted by molar-refractivity contribution is 5.94. The number of benzene rings is 2. The minimum absolute atomic E-state index is 0.0450. The van der Waals surface area contributed by atoms with Crippen molar-refractivity contribution >= 4 is 11.9 Å². The summed E-state index contributed by atoms with van der Waals surface area (Å²) in [5.74, 6) is -0.0450. The van der Waals surface area contributed by atoms with Crippen LogP contribution in [-0.2, 0) is 12.8 Å². The smallest absolute Gasteiger partial charge is 0.315 e. The van der Waals surface area contributed by atoms with Crippen LogP contribution in [0.3, 0.4) is 0 Å². The van der Waals surface area contributed by atoms with Crippen molar-refractivity contribution in [2.24, 2.45) is 0 Å². The second kappa shape index (κ2) is 8.22. The molecule has 2 aromatic rings. The molecule has 3 N–H and O–H groups in total. The Morgan fingerprint density at radius 2 is 1.93 bits per heavy atom. The van der Waals surface area contributed by atoms with E-state index >= 15 is 0 Å². The normalized spacial score (nSPS) is 17.9. The van der Waals surface area contributed by atoms with Crippen LogP contribution in [-0.4, -0.2) is 48.7 Å². The van der Waals surface area contributed by atoms with Gasteiger partial charge in [-0.25, -0.2) is 4.79 Å². The molecule has 3 amide bonds. The van der Waals surface area contributed by atoms with Crippen LogP contribution in [0.5, 0.6) is 0 Å². The number of fused-ring (bicyclic) bond motifs is 1. The molecule has 2 aromatic carbocycles. The number of carbonyl (C=O) groups excluding carboxylic acids is 2. The Bertz CT molecular complexity index is 835. The molecule has 142 valence electrons. The summed E-state index contributed by atoms with van der Waals surface area (Å²) in [6.45, 7) is 0.440. The van der Waals surface area contributed by atoms with Crippen LogP contribution in [0, 0.1) is 0 Å². The highest BCUT2D eigenvalue weighted by Crippen LogP contribution is 2.30. The second-order valence-corrected chi connectivity index (χ2v) is 7.00. The van der Waals surface area contributed by atoms with Gasteiger partial charge in [0.05, 0.1) is 12.1 Å². The quantitative estimate of drug-likeness (QED) is 0.755. The maximum Gasteiger partial charge on any atom is 0.315 e. The zero-order valence-corrected chi connectivity index (χ0v) is 15.6. The Labute approximate surface area is 159 Å². The van der Waals surface area contributed by atoms with Gasteiger partial charge < -0.3 is 20.6 Å². The van der Waals surface area contributed by atoms with E-state index in [-0.39, 0.29) is 18.0 Å². The van der Waals surface area contributed by atoms with Crippen molar-refractivity contribution in [3.63, 3.8) is 0 Å². The number of urea groups is 1. The number of hydrogen-bond donors (Lipinski definition) is 3. The molecule has 6 nitrogen and oxygen atoms in total. The van der Waals surface area contributed by atoms with Crippen LogP contribution in [0.1, 0.15) is 33.1 Å². The van der Waals surface area contributed by atoms with E-state index in [1.807, 2.05) is 42.5 Å². The summed E-state index contributed by atoms with van der Waals surface area (Å²) in [6.07, 6.45) is 0.557. The Kier molecular flexibility index (Phi) is 5.76. The molecule has 0 aliphatic heterocycles. The van der Waals surface area contributed by atoms with Crippen molar-refractivity contribution in [2.75, 3.05) is 20.6 Å². The van der Waals surface area contributed by atoms with Crippen LogP contribution in [0.25, 0.3) is 0 Å². The van der Waals surface area contributed by atoms with Gasteiger partial charge in [-0.1, -0.05) is 36.4 Å². The summed E-state index contributed by atoms with van der Waals surface area (Å²) in [5.41, 5.74) is 3.65. The lowest BCUT2D eigenvalue weighted by atomic mass is 10.1. The lowest BCUT2D eigenvalue weighted by Gasteiger charge is -2.18. The Balaban J connectivity index is 1.52. The lowest BCUT2D eigenvalue weighted by molar-refractivity contribution is 0.0827. The van der Waals surface area contributed by atoms with Crippen LogP contribution in [0.15, 0.2) is 48.5 Å². The standard InChI is InChI=1S/C21H25N3O3/c1-24(2)20(26)16-8-5-6-14(12-16)10-11-22-21(27)23-19-17-9-4-3-7-15(17)13-18(19)25/h3-9,12,18-19,25H,10-11,13H2,1-2H3,(H2,22,23,27)/t18-,19+/m0/s1. The van der Waals surface area contributed by atoms with Crippen molar-refractivity contribution in [1.82, 2.24) is 15.5 Å². The number of nitrogens with one attached hydrogen (secondary N) is 2. The number of aliphatic hydroxyl groups is 1. The van der Waals surface area contributed by atoms with E-state index in [0.717, 1.165) is 16.7 Å². The maximum atomic E-state index is 12.2. The molecule has 6 heteroatoms. The average molecular weight is 367 g/mol. The van der Waals surface area contributed by atoms with Crippen LogP contribution in [0.2, 0.25) is 0 Å². The first kappa shape index (κ1) is 18.9. The summed E-state index contributed by atoms with van der Waals surface area (Å²) in [7, 11) is 3.44. The summed E-state index contributed by atoms with van der Waals surface area (Å²) in [4.78, 5) is 25.8. The van der Waals surface area contributed by atoms with E-state index in [1.54, 1.807) is 20.2 Å². The summed E-state index contributed by atoms with van der Waals surface area (Å²) >= 11 is 0. The van der Waals surface area contributed by atoms with Gasteiger partial charge in [0.2, 0.25) is 0 Å². The molecule has 27 heavy (non-hydrogen) atoms. The minimum Gasteiger partial charge on any atom is -0.390 e. The fourth-order valence-corrected chi connectivity index (χ4v) is 3.38. The highest BCUT2D eigenvalue weighted by atomic mass is 16.3. The molecule has 0 unspecified atom stereocenters. The van der Waals surface area contributed by atoms with Crippen molar-refractivity contribution in [3.8, 4) is 0 Å². The second-order valence-electron chi connectivity index (χ2n) is 7.00. The molecular weight excluding hydrogens is 342 g/mol. The number of carbonyl (C=O) groups is 2. The predicted octanol–water partition coefficient (Wildman–Crippen LogP) is 1.89. The first-order valence-electron chi connectivity index (χ1n) is 9.06. The number of rotatable bonds is 5. The summed E-state index contributed by atoms with van der Waals surface area (Å²) in [6, 6.07) is 14.5. The molecule has 0 radical (unpaired) electrons. The van der Waals surface area contributed by atoms with E-state index in [9.17, 15) is 14.7 Å². The van der Waals surface area contributed by atoms with Crippen LogP contribution in [0.4, 0.5) is 4.79 Å². The summed E-state index contributed by atoms with van der Waals surface area (Å²) < 4.78 is 0. The molecule has 0 fully saturated rings. The van der Waals surface area contributed by atoms with Gasteiger partial charge >= 0.3 is 6.03 Å². The molecule has 1 aliphatic carbocycles. The van der Waals surface area contributed by atoms with Crippen molar-refractivity contribution in [1.29, 1.82) is 0 Å². The molecule has 0 heterocycles. The van der Waals surface area contributed by atoms with Crippen molar-refractivity contribution < 1.29 is 14.7 Å². The van der Waals surface area contributed by atoms with Crippen molar-refractivity contribution in [3.05, 3.63) is 70.8 Å². The average Bonchev–Trinajstić information content (AvgIpc) is 2.96. The Morgan fingerprint density at radius 1 is 1.15 bits per heavy atom. The highest BCUT2D eigenvalue weighted by Gasteiger charge is 2.31. The molecule has 3 rings (SSSR count). The zero-order chi connectivity index (χ0) is 19.4. The molecule has 0 saturated carbocycles. The fourth-order valence-electron chi connectivity index (χ4n) is 3.38. The number of nitrogens with zero attached hydrogens (tertiary/aromatic N) is 1. The van der Waals surface area contributed by atoms with E-state index in [4.69, 9.17) is 0 Å². The van der Waals surface area contributed by atoms with E-state index < -0.39 is 6.10 Å². The van der Waals surface area contributed by atoms with E-state index in [0.29, 0.717) is 24.9 Å². The van der Waals surface area contributed by atoms with Gasteiger partial charge in [-0.3, -0.25) is 4.79 Å². The number of aliphatic hydroxyl groups excluding tert-OH is 1. The van der Waals surface area contributed by atoms with Gasteiger partial charge in [-0.15, -0.1) is 0 Å². The molecular formula is C21H25N3O3. The molecule has 0 saturated heterocycles. The largest absolute Gasteiger partial charge is 0.390 e. The van der Waals surface area contributed by atoms with Gasteiger partial charge in [0, 0.05) is 32.6 Å².